The van der Waals surface area contributed by atoms with E-state index < -0.39 is 5.97 Å². The SMILES string of the molecule is CC(=O)Oc1c(-c2ccc(Cl)cc2)c2nc3ccccc3nc2c2ccccc12. The van der Waals surface area contributed by atoms with Crippen molar-refractivity contribution >= 4 is 50.4 Å². The number of carbonyl (C=O) groups excluding carboxylic acids is 1. The van der Waals surface area contributed by atoms with E-state index in [0.29, 0.717) is 16.3 Å². The lowest BCUT2D eigenvalue weighted by Gasteiger charge is -2.16. The summed E-state index contributed by atoms with van der Waals surface area (Å²) < 4.78 is 5.72. The summed E-state index contributed by atoms with van der Waals surface area (Å²) in [7, 11) is 0. The molecule has 0 aliphatic rings. The van der Waals surface area contributed by atoms with E-state index >= 15 is 0 Å². The number of para-hydroxylation sites is 2. The molecular formula is C24H15ClN2O2. The summed E-state index contributed by atoms with van der Waals surface area (Å²) in [5.41, 5.74) is 4.61. The standard InChI is InChI=1S/C24H15ClN2O2/c1-14(28)29-24-18-7-3-2-6-17(18)22-23(21(24)15-10-12-16(25)13-11-15)27-20-9-5-4-8-19(20)26-22/h2-13H,1H3. The van der Waals surface area contributed by atoms with Gasteiger partial charge in [-0.3, -0.25) is 4.79 Å². The third kappa shape index (κ3) is 2.98. The minimum atomic E-state index is -0.390. The van der Waals surface area contributed by atoms with Gasteiger partial charge in [-0.1, -0.05) is 60.1 Å². The van der Waals surface area contributed by atoms with Crippen LogP contribution < -0.4 is 4.74 Å². The van der Waals surface area contributed by atoms with Crippen LogP contribution in [0.3, 0.4) is 0 Å². The number of benzene rings is 4. The maximum absolute atomic E-state index is 12.0. The van der Waals surface area contributed by atoms with E-state index in [1.165, 1.54) is 6.92 Å². The molecule has 4 nitrogen and oxygen atoms in total. The zero-order valence-electron chi connectivity index (χ0n) is 15.5. The van der Waals surface area contributed by atoms with Crippen molar-refractivity contribution < 1.29 is 9.53 Å². The molecular weight excluding hydrogens is 384 g/mol. The molecule has 5 aromatic rings. The van der Waals surface area contributed by atoms with Gasteiger partial charge >= 0.3 is 5.97 Å². The van der Waals surface area contributed by atoms with E-state index in [1.807, 2.05) is 72.8 Å². The Morgan fingerprint density at radius 2 is 1.38 bits per heavy atom. The summed E-state index contributed by atoms with van der Waals surface area (Å²) >= 11 is 6.10. The third-order valence-electron chi connectivity index (χ3n) is 4.84. The van der Waals surface area contributed by atoms with E-state index in [-0.39, 0.29) is 0 Å². The van der Waals surface area contributed by atoms with Gasteiger partial charge in [0.1, 0.15) is 11.3 Å². The fourth-order valence-corrected chi connectivity index (χ4v) is 3.75. The second-order valence-electron chi connectivity index (χ2n) is 6.76. The van der Waals surface area contributed by atoms with Gasteiger partial charge in [-0.2, -0.15) is 0 Å². The van der Waals surface area contributed by atoms with Gasteiger partial charge in [0.2, 0.25) is 0 Å². The molecule has 4 aromatic carbocycles. The van der Waals surface area contributed by atoms with Gasteiger partial charge in [0.05, 0.1) is 22.1 Å². The van der Waals surface area contributed by atoms with Crippen molar-refractivity contribution in [3.05, 3.63) is 77.8 Å². The molecule has 1 heterocycles. The first kappa shape index (κ1) is 17.6. The van der Waals surface area contributed by atoms with Crippen molar-refractivity contribution in [2.45, 2.75) is 6.92 Å². The Bertz CT molecular complexity index is 1410. The highest BCUT2D eigenvalue weighted by atomic mass is 35.5. The van der Waals surface area contributed by atoms with Gasteiger partial charge in [0, 0.05) is 22.7 Å². The van der Waals surface area contributed by atoms with Crippen molar-refractivity contribution in [2.24, 2.45) is 0 Å². The fourth-order valence-electron chi connectivity index (χ4n) is 3.63. The van der Waals surface area contributed by atoms with Crippen LogP contribution in [-0.4, -0.2) is 15.9 Å². The molecule has 0 saturated carbocycles. The van der Waals surface area contributed by atoms with Crippen molar-refractivity contribution in [2.75, 3.05) is 0 Å². The van der Waals surface area contributed by atoms with Crippen LogP contribution in [0.5, 0.6) is 5.75 Å². The van der Waals surface area contributed by atoms with Crippen LogP contribution in [0.1, 0.15) is 6.92 Å². The molecule has 0 aliphatic carbocycles. The molecule has 0 aliphatic heterocycles. The van der Waals surface area contributed by atoms with E-state index in [1.54, 1.807) is 0 Å². The Kier molecular flexibility index (Phi) is 4.14. The summed E-state index contributed by atoms with van der Waals surface area (Å²) in [6.45, 7) is 1.40. The normalized spacial score (nSPS) is 11.2. The second-order valence-corrected chi connectivity index (χ2v) is 7.20. The van der Waals surface area contributed by atoms with Crippen LogP contribution in [-0.2, 0) is 4.79 Å². The second kappa shape index (κ2) is 6.83. The van der Waals surface area contributed by atoms with Crippen LogP contribution in [0, 0.1) is 0 Å². The number of ether oxygens (including phenoxy) is 1. The van der Waals surface area contributed by atoms with Gasteiger partial charge in [-0.25, -0.2) is 9.97 Å². The van der Waals surface area contributed by atoms with Gasteiger partial charge < -0.3 is 4.74 Å². The molecule has 1 aromatic heterocycles. The molecule has 0 atom stereocenters. The Morgan fingerprint density at radius 3 is 2.03 bits per heavy atom. The molecule has 29 heavy (non-hydrogen) atoms. The molecule has 0 radical (unpaired) electrons. The highest BCUT2D eigenvalue weighted by Gasteiger charge is 2.21. The lowest BCUT2D eigenvalue weighted by atomic mass is 9.96. The van der Waals surface area contributed by atoms with Crippen molar-refractivity contribution in [1.82, 2.24) is 9.97 Å². The topological polar surface area (TPSA) is 52.1 Å². The number of halogens is 1. The van der Waals surface area contributed by atoms with Crippen molar-refractivity contribution in [3.63, 3.8) is 0 Å². The molecule has 0 spiro atoms. The van der Waals surface area contributed by atoms with E-state index in [2.05, 4.69) is 0 Å². The Balaban J connectivity index is 2.02. The quantitative estimate of drug-likeness (QED) is 0.154. The first-order valence-electron chi connectivity index (χ1n) is 9.17. The van der Waals surface area contributed by atoms with Gasteiger partial charge in [0.15, 0.2) is 0 Å². The average molecular weight is 399 g/mol. The number of carbonyl (C=O) groups is 1. The molecule has 0 bridgehead atoms. The molecule has 0 amide bonds. The highest BCUT2D eigenvalue weighted by molar-refractivity contribution is 6.30. The van der Waals surface area contributed by atoms with Crippen LogP contribution in [0.15, 0.2) is 72.8 Å². The lowest BCUT2D eigenvalue weighted by Crippen LogP contribution is -2.05. The molecule has 0 saturated heterocycles. The number of rotatable bonds is 2. The maximum atomic E-state index is 12.0. The predicted molar refractivity (Wildman–Crippen MR) is 116 cm³/mol. The average Bonchev–Trinajstić information content (AvgIpc) is 2.73. The number of hydrogen-bond donors (Lipinski definition) is 0. The largest absolute Gasteiger partial charge is 0.425 e. The van der Waals surface area contributed by atoms with Crippen LogP contribution in [0.4, 0.5) is 0 Å². The summed E-state index contributed by atoms with van der Waals surface area (Å²) in [4.78, 5) is 21.8. The summed E-state index contributed by atoms with van der Waals surface area (Å²) in [5.74, 6) is 0.0889. The van der Waals surface area contributed by atoms with Crippen LogP contribution >= 0.6 is 11.6 Å². The van der Waals surface area contributed by atoms with Crippen molar-refractivity contribution in [1.29, 1.82) is 0 Å². The number of aromatic nitrogens is 2. The third-order valence-corrected chi connectivity index (χ3v) is 5.09. The molecule has 140 valence electrons. The Morgan fingerprint density at radius 1 is 0.793 bits per heavy atom. The highest BCUT2D eigenvalue weighted by Crippen LogP contribution is 2.43. The van der Waals surface area contributed by atoms with Crippen LogP contribution in [0.25, 0.3) is 44.0 Å². The lowest BCUT2D eigenvalue weighted by molar-refractivity contribution is -0.131. The molecule has 5 rings (SSSR count). The van der Waals surface area contributed by atoms with E-state index in [0.717, 1.165) is 38.4 Å². The smallest absolute Gasteiger partial charge is 0.308 e. The Hall–Kier alpha value is -3.50. The fraction of sp³-hybridized carbons (Fsp3) is 0.0417. The summed E-state index contributed by atoms with van der Waals surface area (Å²) in [6, 6.07) is 22.9. The van der Waals surface area contributed by atoms with Gasteiger partial charge in [-0.15, -0.1) is 0 Å². The maximum Gasteiger partial charge on any atom is 0.308 e. The summed E-state index contributed by atoms with van der Waals surface area (Å²) in [5, 5.41) is 2.32. The molecule has 0 fully saturated rings. The number of esters is 1. The molecule has 0 unspecified atom stereocenters. The van der Waals surface area contributed by atoms with E-state index in [9.17, 15) is 4.79 Å². The van der Waals surface area contributed by atoms with Crippen molar-refractivity contribution in [3.8, 4) is 16.9 Å². The zero-order valence-corrected chi connectivity index (χ0v) is 16.3. The zero-order chi connectivity index (χ0) is 20.0. The number of nitrogens with zero attached hydrogens (tertiary/aromatic N) is 2. The first-order chi connectivity index (χ1) is 14.1. The predicted octanol–water partition coefficient (Wildman–Crippen LogP) is 6.18. The minimum Gasteiger partial charge on any atom is -0.425 e. The molecule has 0 N–H and O–H groups in total. The van der Waals surface area contributed by atoms with Gasteiger partial charge in [-0.05, 0) is 29.8 Å². The monoisotopic (exact) mass is 398 g/mol. The van der Waals surface area contributed by atoms with E-state index in [4.69, 9.17) is 26.3 Å². The summed E-state index contributed by atoms with van der Waals surface area (Å²) in [6.07, 6.45) is 0. The number of fused-ring (bicyclic) bond motifs is 4. The number of hydrogen-bond acceptors (Lipinski definition) is 4. The Labute approximate surface area is 171 Å². The first-order valence-corrected chi connectivity index (χ1v) is 9.55. The van der Waals surface area contributed by atoms with Gasteiger partial charge in [0.25, 0.3) is 0 Å². The molecule has 5 heteroatoms. The minimum absolute atomic E-state index is 0.390. The van der Waals surface area contributed by atoms with Crippen LogP contribution in [0.2, 0.25) is 5.02 Å².